The Kier molecular flexibility index (Phi) is 14.3. The van der Waals surface area contributed by atoms with E-state index in [1.165, 1.54) is 115 Å². The Labute approximate surface area is 304 Å². The monoisotopic (exact) mass is 675 g/mol. The summed E-state index contributed by atoms with van der Waals surface area (Å²) in [6.45, 7) is 17.4. The quantitative estimate of drug-likeness (QED) is 0.145. The van der Waals surface area contributed by atoms with Gasteiger partial charge >= 0.3 is 5.97 Å². The summed E-state index contributed by atoms with van der Waals surface area (Å²) in [6.07, 6.45) is 27.1. The second kappa shape index (κ2) is 17.9. The van der Waals surface area contributed by atoms with Crippen LogP contribution in [-0.4, -0.2) is 12.1 Å². The van der Waals surface area contributed by atoms with Gasteiger partial charge in [-0.1, -0.05) is 130 Å². The largest absolute Gasteiger partial charge is 0.462 e. The number of benzene rings is 1. The van der Waals surface area contributed by atoms with Gasteiger partial charge in [-0.25, -0.2) is 0 Å². The second-order valence-corrected chi connectivity index (χ2v) is 19.1. The highest BCUT2D eigenvalue weighted by Crippen LogP contribution is 2.68. The molecule has 11 atom stereocenters. The number of carbonyl (C=O) groups excluding carboxylic acids is 1. The Morgan fingerprint density at radius 1 is 0.755 bits per heavy atom. The van der Waals surface area contributed by atoms with Crippen LogP contribution >= 0.6 is 0 Å². The van der Waals surface area contributed by atoms with E-state index in [4.69, 9.17) is 4.74 Å². The van der Waals surface area contributed by atoms with Gasteiger partial charge in [0.2, 0.25) is 0 Å². The van der Waals surface area contributed by atoms with Gasteiger partial charge in [0, 0.05) is 6.42 Å². The molecule has 0 aromatic heterocycles. The summed E-state index contributed by atoms with van der Waals surface area (Å²) in [5.74, 6) is 7.75. The first-order valence-corrected chi connectivity index (χ1v) is 21.8. The molecule has 0 radical (unpaired) electrons. The van der Waals surface area contributed by atoms with Crippen LogP contribution in [0.1, 0.15) is 182 Å². The van der Waals surface area contributed by atoms with E-state index in [0.29, 0.717) is 23.2 Å². The van der Waals surface area contributed by atoms with Gasteiger partial charge in [-0.2, -0.15) is 0 Å². The van der Waals surface area contributed by atoms with E-state index in [1.807, 2.05) is 0 Å². The number of hydrogen-bond acceptors (Lipinski definition) is 2. The normalized spacial score (nSPS) is 34.4. The third kappa shape index (κ3) is 9.57. The fraction of sp³-hybridized carbons (Fsp3) is 0.851. The van der Waals surface area contributed by atoms with Crippen LogP contribution in [0.3, 0.4) is 0 Å². The highest BCUT2D eigenvalue weighted by molar-refractivity contribution is 5.69. The summed E-state index contributed by atoms with van der Waals surface area (Å²) in [5.41, 5.74) is 2.50. The van der Waals surface area contributed by atoms with Gasteiger partial charge in [-0.05, 0) is 147 Å². The van der Waals surface area contributed by atoms with Gasteiger partial charge in [-0.15, -0.1) is 0 Å². The molecule has 0 spiro atoms. The molecule has 1 aromatic carbocycles. The first-order chi connectivity index (χ1) is 23.6. The number of rotatable bonds is 18. The van der Waals surface area contributed by atoms with Crippen LogP contribution in [0.2, 0.25) is 0 Å². The van der Waals surface area contributed by atoms with Crippen molar-refractivity contribution in [2.45, 2.75) is 189 Å². The Morgan fingerprint density at radius 3 is 2.14 bits per heavy atom. The predicted molar refractivity (Wildman–Crippen MR) is 208 cm³/mol. The van der Waals surface area contributed by atoms with Crippen molar-refractivity contribution in [3.05, 3.63) is 35.9 Å². The molecule has 4 aliphatic carbocycles. The zero-order valence-corrected chi connectivity index (χ0v) is 33.3. The highest BCUT2D eigenvalue weighted by Gasteiger charge is 2.60. The summed E-state index contributed by atoms with van der Waals surface area (Å²) < 4.78 is 6.28. The molecule has 2 unspecified atom stereocenters. The summed E-state index contributed by atoms with van der Waals surface area (Å²) in [5, 5.41) is 0. The molecule has 49 heavy (non-hydrogen) atoms. The lowest BCUT2D eigenvalue weighted by Gasteiger charge is -2.61. The van der Waals surface area contributed by atoms with E-state index in [9.17, 15) is 4.79 Å². The summed E-state index contributed by atoms with van der Waals surface area (Å²) >= 11 is 0. The fourth-order valence-corrected chi connectivity index (χ4v) is 12.7. The van der Waals surface area contributed by atoms with Gasteiger partial charge < -0.3 is 4.74 Å². The molecule has 0 heterocycles. The van der Waals surface area contributed by atoms with E-state index in [2.05, 4.69) is 78.8 Å². The van der Waals surface area contributed by atoms with E-state index in [-0.39, 0.29) is 12.1 Å². The molecule has 0 N–H and O–H groups in total. The lowest BCUT2D eigenvalue weighted by molar-refractivity contribution is -0.163. The number of aryl methyl sites for hydroxylation is 1. The Balaban J connectivity index is 1.04. The zero-order chi connectivity index (χ0) is 35.0. The van der Waals surface area contributed by atoms with Crippen molar-refractivity contribution in [1.29, 1.82) is 0 Å². The molecule has 0 saturated heterocycles. The van der Waals surface area contributed by atoms with E-state index in [0.717, 1.165) is 66.6 Å². The Bertz CT molecular complexity index is 1130. The topological polar surface area (TPSA) is 26.3 Å². The maximum atomic E-state index is 13.2. The number of ether oxygens (including phenoxy) is 1. The van der Waals surface area contributed by atoms with Crippen LogP contribution in [0, 0.1) is 64.1 Å². The maximum absolute atomic E-state index is 13.2. The molecule has 2 nitrogen and oxygen atoms in total. The van der Waals surface area contributed by atoms with Crippen LogP contribution in [0.4, 0.5) is 0 Å². The third-order valence-electron chi connectivity index (χ3n) is 15.9. The maximum Gasteiger partial charge on any atom is 0.306 e. The van der Waals surface area contributed by atoms with Crippen molar-refractivity contribution in [3.8, 4) is 0 Å². The van der Waals surface area contributed by atoms with Crippen LogP contribution in [0.5, 0.6) is 0 Å². The van der Waals surface area contributed by atoms with Gasteiger partial charge in [0.25, 0.3) is 0 Å². The first-order valence-electron chi connectivity index (χ1n) is 21.8. The molecular formula is C47H78O2. The molecule has 4 saturated carbocycles. The first kappa shape index (κ1) is 38.9. The fourth-order valence-electron chi connectivity index (χ4n) is 12.7. The van der Waals surface area contributed by atoms with Gasteiger partial charge in [-0.3, -0.25) is 4.79 Å². The van der Waals surface area contributed by atoms with Crippen molar-refractivity contribution in [3.63, 3.8) is 0 Å². The number of fused-ring (bicyclic) bond motifs is 5. The molecule has 4 fully saturated rings. The average molecular weight is 675 g/mol. The molecule has 0 aliphatic heterocycles. The van der Waals surface area contributed by atoms with Crippen molar-refractivity contribution < 1.29 is 9.53 Å². The SMILES string of the molecule is CCC(CCCC(CC)CCc1ccccc1)CCC(=O)O[C@H]1CC[C@@]2(C)[C@@H](CC[C@@H]3[C@@H]2CC[C@]2(C)[C@@H]([C@H](C)CCCC(C)C)CC[C@@H]32)C1. The molecule has 5 rings (SSSR count). The summed E-state index contributed by atoms with van der Waals surface area (Å²) in [4.78, 5) is 13.2. The number of hydrogen-bond donors (Lipinski definition) is 0. The second-order valence-electron chi connectivity index (χ2n) is 19.1. The highest BCUT2D eigenvalue weighted by atomic mass is 16.5. The molecule has 278 valence electrons. The van der Waals surface area contributed by atoms with Crippen molar-refractivity contribution >= 4 is 5.97 Å². The van der Waals surface area contributed by atoms with Crippen molar-refractivity contribution in [1.82, 2.24) is 0 Å². The molecule has 2 heteroatoms. The Hall–Kier alpha value is -1.31. The standard InChI is InChI=1S/C47H78O2/c1-8-36(21-22-38-17-11-10-12-18-38)19-14-20-37(9-2)23-28-45(48)49-40-29-31-46(6)39(33-40)24-25-41-43-27-26-42(35(5)16-13-15-34(3)4)47(43,7)32-30-44(41)46/h10-12,17-18,34-37,39-44H,8-9,13-16,19-33H2,1-7H3/t35-,36?,37?,39+,40+,41+,42-,43+,44+,46+,47-/m1/s1. The van der Waals surface area contributed by atoms with Crippen molar-refractivity contribution in [2.24, 2.45) is 64.1 Å². The minimum Gasteiger partial charge on any atom is -0.462 e. The minimum absolute atomic E-state index is 0.0861. The Morgan fingerprint density at radius 2 is 1.43 bits per heavy atom. The molecule has 4 aliphatic rings. The number of carbonyl (C=O) groups is 1. The molecule has 0 amide bonds. The van der Waals surface area contributed by atoms with Crippen LogP contribution < -0.4 is 0 Å². The smallest absolute Gasteiger partial charge is 0.306 e. The van der Waals surface area contributed by atoms with Crippen LogP contribution in [0.15, 0.2) is 30.3 Å². The summed E-state index contributed by atoms with van der Waals surface area (Å²) in [6, 6.07) is 11.0. The average Bonchev–Trinajstić information content (AvgIpc) is 3.45. The van der Waals surface area contributed by atoms with E-state index in [1.54, 1.807) is 0 Å². The zero-order valence-electron chi connectivity index (χ0n) is 33.3. The van der Waals surface area contributed by atoms with E-state index < -0.39 is 0 Å². The molecule has 1 aromatic rings. The van der Waals surface area contributed by atoms with E-state index >= 15 is 0 Å². The predicted octanol–water partition coefficient (Wildman–Crippen LogP) is 13.7. The van der Waals surface area contributed by atoms with Crippen LogP contribution in [0.25, 0.3) is 0 Å². The molecule has 0 bridgehead atoms. The van der Waals surface area contributed by atoms with Crippen LogP contribution in [-0.2, 0) is 16.0 Å². The van der Waals surface area contributed by atoms with Gasteiger partial charge in [0.15, 0.2) is 0 Å². The number of esters is 1. The summed E-state index contributed by atoms with van der Waals surface area (Å²) in [7, 11) is 0. The minimum atomic E-state index is 0.0861. The van der Waals surface area contributed by atoms with Gasteiger partial charge in [0.05, 0.1) is 0 Å². The van der Waals surface area contributed by atoms with Gasteiger partial charge in [0.1, 0.15) is 6.10 Å². The molecular weight excluding hydrogens is 597 g/mol. The lowest BCUT2D eigenvalue weighted by atomic mass is 9.44. The van der Waals surface area contributed by atoms with Crippen molar-refractivity contribution in [2.75, 3.05) is 0 Å². The third-order valence-corrected chi connectivity index (χ3v) is 15.9. The lowest BCUT2D eigenvalue weighted by Crippen LogP contribution is -2.54.